The van der Waals surface area contributed by atoms with Crippen molar-refractivity contribution >= 4 is 17.0 Å². The minimum atomic E-state index is -0.308. The van der Waals surface area contributed by atoms with E-state index in [4.69, 9.17) is 4.74 Å². The molecule has 0 saturated carbocycles. The zero-order valence-corrected chi connectivity index (χ0v) is 24.1. The summed E-state index contributed by atoms with van der Waals surface area (Å²) in [5.74, 6) is 6.98. The third kappa shape index (κ3) is 4.45. The molecule has 206 valence electrons. The molecule has 0 bridgehead atoms. The standard InChI is InChI=1S/C34H38N4O2/c1-5-36(6-2)11-7-8-24-17-28-29(19-31(24)38-14-12-37(13-15-38)26-21-40-22-26)34(3,4)30-18-25-16-23(20-35)9-10-27(25)32(30)33(28)39/h9-10,16-17,19,26H,5-6,11-15,18,21-22H2,1-4H3. The summed E-state index contributed by atoms with van der Waals surface area (Å²) >= 11 is 0. The fraction of sp³-hybridized carbons (Fsp3) is 0.471. The Hall–Kier alpha value is -3.42. The number of carbonyl (C=O) groups excluding carboxylic acids is 1. The van der Waals surface area contributed by atoms with E-state index < -0.39 is 0 Å². The van der Waals surface area contributed by atoms with Crippen LogP contribution in [0.2, 0.25) is 0 Å². The Morgan fingerprint density at radius 1 is 1.05 bits per heavy atom. The number of benzene rings is 2. The number of carbonyl (C=O) groups is 1. The average molecular weight is 535 g/mol. The highest BCUT2D eigenvalue weighted by molar-refractivity contribution is 6.33. The molecule has 4 aliphatic rings. The summed E-state index contributed by atoms with van der Waals surface area (Å²) in [5.41, 5.74) is 8.31. The first-order valence-electron chi connectivity index (χ1n) is 14.6. The quantitative estimate of drug-likeness (QED) is 0.535. The number of rotatable bonds is 5. The van der Waals surface area contributed by atoms with Crippen molar-refractivity contribution in [2.45, 2.75) is 45.6 Å². The van der Waals surface area contributed by atoms with Gasteiger partial charge in [-0.2, -0.15) is 5.26 Å². The van der Waals surface area contributed by atoms with E-state index in [1.54, 1.807) is 0 Å². The highest BCUT2D eigenvalue weighted by atomic mass is 16.5. The predicted molar refractivity (Wildman–Crippen MR) is 159 cm³/mol. The number of ether oxygens (including phenoxy) is 1. The smallest absolute Gasteiger partial charge is 0.193 e. The highest BCUT2D eigenvalue weighted by Gasteiger charge is 2.43. The van der Waals surface area contributed by atoms with Crippen LogP contribution in [-0.2, 0) is 16.6 Å². The topological polar surface area (TPSA) is 59.8 Å². The average Bonchev–Trinajstić information content (AvgIpc) is 3.33. The van der Waals surface area contributed by atoms with Gasteiger partial charge in [-0.3, -0.25) is 14.6 Å². The lowest BCUT2D eigenvalue weighted by Crippen LogP contribution is -2.56. The van der Waals surface area contributed by atoms with Gasteiger partial charge < -0.3 is 9.64 Å². The van der Waals surface area contributed by atoms with E-state index in [0.717, 1.165) is 97.1 Å². The van der Waals surface area contributed by atoms with Crippen LogP contribution >= 0.6 is 0 Å². The molecule has 0 N–H and O–H groups in total. The molecule has 2 aliphatic heterocycles. The van der Waals surface area contributed by atoms with Crippen LogP contribution in [0.25, 0.3) is 5.57 Å². The lowest BCUT2D eigenvalue weighted by molar-refractivity contribution is -0.0660. The Balaban J connectivity index is 1.40. The fourth-order valence-electron chi connectivity index (χ4n) is 6.70. The molecular formula is C34H38N4O2. The number of piperazine rings is 1. The molecule has 2 aliphatic carbocycles. The summed E-state index contributed by atoms with van der Waals surface area (Å²) in [6, 6.07) is 12.9. The van der Waals surface area contributed by atoms with Crippen LogP contribution in [0, 0.1) is 23.2 Å². The summed E-state index contributed by atoms with van der Waals surface area (Å²) in [4.78, 5) is 21.5. The van der Waals surface area contributed by atoms with Gasteiger partial charge in [0.25, 0.3) is 0 Å². The van der Waals surface area contributed by atoms with E-state index >= 15 is 0 Å². The van der Waals surface area contributed by atoms with Crippen molar-refractivity contribution in [1.82, 2.24) is 9.80 Å². The van der Waals surface area contributed by atoms with Crippen LogP contribution in [0.3, 0.4) is 0 Å². The summed E-state index contributed by atoms with van der Waals surface area (Å²) in [6.07, 6.45) is 0.710. The second-order valence-corrected chi connectivity index (χ2v) is 11.9. The molecule has 2 aromatic rings. The number of fused-ring (bicyclic) bond motifs is 3. The first kappa shape index (κ1) is 26.8. The van der Waals surface area contributed by atoms with Crippen LogP contribution in [0.1, 0.15) is 65.9 Å². The Kier molecular flexibility index (Phi) is 7.05. The molecule has 0 amide bonds. The van der Waals surface area contributed by atoms with Gasteiger partial charge in [0.15, 0.2) is 5.78 Å². The monoisotopic (exact) mass is 534 g/mol. The predicted octanol–water partition coefficient (Wildman–Crippen LogP) is 4.26. The van der Waals surface area contributed by atoms with E-state index in [1.165, 1.54) is 0 Å². The Morgan fingerprint density at radius 3 is 2.45 bits per heavy atom. The van der Waals surface area contributed by atoms with Crippen molar-refractivity contribution < 1.29 is 9.53 Å². The van der Waals surface area contributed by atoms with Gasteiger partial charge in [-0.05, 0) is 66.0 Å². The van der Waals surface area contributed by atoms with Crippen molar-refractivity contribution in [3.8, 4) is 17.9 Å². The van der Waals surface area contributed by atoms with Gasteiger partial charge in [-0.1, -0.05) is 45.6 Å². The number of anilines is 1. The van der Waals surface area contributed by atoms with Crippen molar-refractivity contribution in [3.05, 3.63) is 69.3 Å². The van der Waals surface area contributed by atoms with E-state index in [-0.39, 0.29) is 11.2 Å². The van der Waals surface area contributed by atoms with Crippen LogP contribution in [0.5, 0.6) is 0 Å². The number of Topliss-reactive ketones (excluding diaryl/α,β-unsaturated/α-hetero) is 1. The molecule has 0 radical (unpaired) electrons. The molecule has 2 saturated heterocycles. The Morgan fingerprint density at radius 2 is 1.80 bits per heavy atom. The van der Waals surface area contributed by atoms with Crippen molar-refractivity contribution in [1.29, 1.82) is 5.26 Å². The maximum absolute atomic E-state index is 14.2. The zero-order chi connectivity index (χ0) is 28.0. The lowest BCUT2D eigenvalue weighted by Gasteiger charge is -2.44. The molecule has 0 atom stereocenters. The molecule has 2 fully saturated rings. The first-order valence-corrected chi connectivity index (χ1v) is 14.6. The zero-order valence-electron chi connectivity index (χ0n) is 24.1. The number of allylic oxidation sites excluding steroid dienone is 2. The molecule has 0 unspecified atom stereocenters. The molecule has 0 spiro atoms. The third-order valence-electron chi connectivity index (χ3n) is 9.42. The van der Waals surface area contributed by atoms with Gasteiger partial charge in [0.2, 0.25) is 0 Å². The Labute approximate surface area is 238 Å². The number of hydrogen-bond acceptors (Lipinski definition) is 6. The van der Waals surface area contributed by atoms with Gasteiger partial charge in [0.05, 0.1) is 43.1 Å². The molecule has 0 aromatic heterocycles. The van der Waals surface area contributed by atoms with E-state index in [2.05, 4.69) is 72.4 Å². The number of nitrogens with zero attached hydrogens (tertiary/aromatic N) is 4. The van der Waals surface area contributed by atoms with E-state index in [1.807, 2.05) is 18.2 Å². The van der Waals surface area contributed by atoms with Crippen molar-refractivity contribution in [2.75, 3.05) is 63.9 Å². The van der Waals surface area contributed by atoms with E-state index in [9.17, 15) is 10.1 Å². The van der Waals surface area contributed by atoms with Crippen molar-refractivity contribution in [3.63, 3.8) is 0 Å². The molecule has 2 heterocycles. The molecular weight excluding hydrogens is 496 g/mol. The molecule has 40 heavy (non-hydrogen) atoms. The second-order valence-electron chi connectivity index (χ2n) is 11.9. The summed E-state index contributed by atoms with van der Waals surface area (Å²) in [7, 11) is 0. The van der Waals surface area contributed by atoms with Gasteiger partial charge in [0.1, 0.15) is 0 Å². The van der Waals surface area contributed by atoms with Crippen LogP contribution in [0.4, 0.5) is 5.69 Å². The maximum Gasteiger partial charge on any atom is 0.193 e. The summed E-state index contributed by atoms with van der Waals surface area (Å²) in [6.45, 7) is 17.0. The van der Waals surface area contributed by atoms with Gasteiger partial charge in [-0.15, -0.1) is 0 Å². The number of ketones is 1. The molecule has 6 nitrogen and oxygen atoms in total. The molecule has 6 rings (SSSR count). The SMILES string of the molecule is CCN(CC)CC#Cc1cc2c(cc1N1CCN(C3COC3)CC1)C(C)(C)C1=C(C2=O)c2ccc(C#N)cc2C1. The minimum absolute atomic E-state index is 0.0842. The minimum Gasteiger partial charge on any atom is -0.378 e. The first-order chi connectivity index (χ1) is 19.3. The van der Waals surface area contributed by atoms with Crippen LogP contribution in [-0.4, -0.2) is 80.7 Å². The van der Waals surface area contributed by atoms with Crippen LogP contribution < -0.4 is 4.90 Å². The highest BCUT2D eigenvalue weighted by Crippen LogP contribution is 2.51. The van der Waals surface area contributed by atoms with Crippen molar-refractivity contribution in [2.24, 2.45) is 0 Å². The maximum atomic E-state index is 14.2. The van der Waals surface area contributed by atoms with Gasteiger partial charge >= 0.3 is 0 Å². The number of nitriles is 1. The van der Waals surface area contributed by atoms with Gasteiger partial charge in [0, 0.05) is 48.3 Å². The Bertz CT molecular complexity index is 1490. The third-order valence-corrected chi connectivity index (χ3v) is 9.42. The molecule has 6 heteroatoms. The van der Waals surface area contributed by atoms with Gasteiger partial charge in [-0.25, -0.2) is 0 Å². The fourth-order valence-corrected chi connectivity index (χ4v) is 6.70. The summed E-state index contributed by atoms with van der Waals surface area (Å²) < 4.78 is 5.44. The normalized spacial score (nSPS) is 19.9. The second kappa shape index (κ2) is 10.5. The van der Waals surface area contributed by atoms with E-state index in [0.29, 0.717) is 24.6 Å². The van der Waals surface area contributed by atoms with Crippen LogP contribution in [0.15, 0.2) is 35.9 Å². The lowest BCUT2D eigenvalue weighted by atomic mass is 9.68. The number of hydrogen-bond donors (Lipinski definition) is 0. The molecule has 2 aromatic carbocycles. The largest absolute Gasteiger partial charge is 0.378 e. The summed E-state index contributed by atoms with van der Waals surface area (Å²) in [5, 5.41) is 9.45.